The van der Waals surface area contributed by atoms with Crippen LogP contribution < -0.4 is 5.56 Å². The van der Waals surface area contributed by atoms with Crippen LogP contribution in [0.5, 0.6) is 0 Å². The summed E-state index contributed by atoms with van der Waals surface area (Å²) in [5.74, 6) is -0.463. The second-order valence-corrected chi connectivity index (χ2v) is 5.74. The fraction of sp³-hybridized carbons (Fsp3) is 0.583. The second kappa shape index (κ2) is 6.21. The average Bonchev–Trinajstić information content (AvgIpc) is 2.75. The Kier molecular flexibility index (Phi) is 4.60. The van der Waals surface area contributed by atoms with Crippen LogP contribution in [0, 0.1) is 5.92 Å². The van der Waals surface area contributed by atoms with Crippen molar-refractivity contribution in [2.75, 3.05) is 25.9 Å². The Morgan fingerprint density at radius 2 is 2.42 bits per heavy atom. The van der Waals surface area contributed by atoms with Crippen molar-refractivity contribution in [3.05, 3.63) is 22.6 Å². The highest BCUT2D eigenvalue weighted by Gasteiger charge is 2.20. The smallest absolute Gasteiger partial charge is 0.313 e. The first-order chi connectivity index (χ1) is 9.04. The van der Waals surface area contributed by atoms with Crippen molar-refractivity contribution in [1.29, 1.82) is 0 Å². The molecule has 2 heterocycles. The third kappa shape index (κ3) is 4.07. The Bertz CT molecular complexity index is 517. The van der Waals surface area contributed by atoms with Gasteiger partial charge in [-0.25, -0.2) is 0 Å². The minimum absolute atomic E-state index is 0.0823. The molecule has 1 N–H and O–H groups in total. The van der Waals surface area contributed by atoms with Crippen LogP contribution in [0.2, 0.25) is 0 Å². The molecular formula is C12H17N3O3S. The van der Waals surface area contributed by atoms with Gasteiger partial charge < -0.3 is 14.6 Å². The molecular weight excluding hydrogens is 266 g/mol. The molecule has 7 heteroatoms. The highest BCUT2D eigenvalue weighted by Crippen LogP contribution is 2.20. The molecule has 1 aromatic heterocycles. The molecule has 1 atom stereocenters. The van der Waals surface area contributed by atoms with Gasteiger partial charge >= 0.3 is 5.97 Å². The van der Waals surface area contributed by atoms with Crippen molar-refractivity contribution in [3.8, 4) is 0 Å². The van der Waals surface area contributed by atoms with E-state index in [0.717, 1.165) is 37.8 Å². The zero-order chi connectivity index (χ0) is 13.8. The van der Waals surface area contributed by atoms with Gasteiger partial charge in [0.1, 0.15) is 0 Å². The lowest BCUT2D eigenvalue weighted by Crippen LogP contribution is -2.20. The summed E-state index contributed by atoms with van der Waals surface area (Å²) in [6, 6.07) is 1.42. The lowest BCUT2D eigenvalue weighted by molar-refractivity contribution is -0.133. The van der Waals surface area contributed by atoms with Crippen LogP contribution in [-0.4, -0.2) is 51.4 Å². The molecule has 1 aliphatic rings. The van der Waals surface area contributed by atoms with Gasteiger partial charge in [0.15, 0.2) is 5.16 Å². The number of hydrogen-bond acceptors (Lipinski definition) is 5. The molecule has 1 fully saturated rings. The molecule has 0 bridgehead atoms. The summed E-state index contributed by atoms with van der Waals surface area (Å²) >= 11 is 1.09. The Hall–Kier alpha value is -1.34. The lowest BCUT2D eigenvalue weighted by atomic mass is 10.1. The second-order valence-electron chi connectivity index (χ2n) is 4.80. The van der Waals surface area contributed by atoms with Crippen molar-refractivity contribution in [2.24, 2.45) is 5.92 Å². The van der Waals surface area contributed by atoms with Gasteiger partial charge in [-0.05, 0) is 25.9 Å². The Balaban J connectivity index is 2.09. The maximum Gasteiger partial charge on any atom is 0.313 e. The van der Waals surface area contributed by atoms with Crippen LogP contribution in [-0.2, 0) is 11.3 Å². The molecule has 0 amide bonds. The number of nitrogens with zero attached hydrogens (tertiary/aromatic N) is 3. The van der Waals surface area contributed by atoms with Crippen LogP contribution in [0.3, 0.4) is 0 Å². The van der Waals surface area contributed by atoms with Gasteiger partial charge in [-0.15, -0.1) is 0 Å². The van der Waals surface area contributed by atoms with Crippen LogP contribution in [0.25, 0.3) is 0 Å². The molecule has 0 spiro atoms. The van der Waals surface area contributed by atoms with E-state index in [4.69, 9.17) is 5.11 Å². The first-order valence-electron chi connectivity index (χ1n) is 6.15. The van der Waals surface area contributed by atoms with Gasteiger partial charge in [-0.2, -0.15) is 4.98 Å². The largest absolute Gasteiger partial charge is 0.481 e. The van der Waals surface area contributed by atoms with E-state index in [2.05, 4.69) is 16.9 Å². The van der Waals surface area contributed by atoms with Crippen LogP contribution in [0.4, 0.5) is 0 Å². The molecule has 0 saturated carbocycles. The van der Waals surface area contributed by atoms with E-state index >= 15 is 0 Å². The van der Waals surface area contributed by atoms with Crippen LogP contribution in [0.15, 0.2) is 22.2 Å². The summed E-state index contributed by atoms with van der Waals surface area (Å²) in [7, 11) is 2.09. The topological polar surface area (TPSA) is 75.4 Å². The summed E-state index contributed by atoms with van der Waals surface area (Å²) in [6.45, 7) is 2.88. The molecule has 1 saturated heterocycles. The molecule has 0 aliphatic carbocycles. The highest BCUT2D eigenvalue weighted by atomic mass is 32.2. The molecule has 0 radical (unpaired) electrons. The van der Waals surface area contributed by atoms with E-state index < -0.39 is 5.97 Å². The monoisotopic (exact) mass is 283 g/mol. The van der Waals surface area contributed by atoms with Crippen molar-refractivity contribution >= 4 is 17.7 Å². The predicted molar refractivity (Wildman–Crippen MR) is 72.5 cm³/mol. The standard InChI is InChI=1S/C12H17N3O3S/c1-14-4-2-9(6-14)7-15-5-3-10(16)13-12(15)19-8-11(17)18/h3,5,9H,2,4,6-8H2,1H3,(H,17,18). The van der Waals surface area contributed by atoms with Crippen LogP contribution in [0.1, 0.15) is 6.42 Å². The number of thioether (sulfide) groups is 1. The van der Waals surface area contributed by atoms with Crippen molar-refractivity contribution in [1.82, 2.24) is 14.5 Å². The first-order valence-corrected chi connectivity index (χ1v) is 7.14. The Morgan fingerprint density at radius 3 is 3.05 bits per heavy atom. The number of aliphatic carboxylic acids is 1. The number of carbonyl (C=O) groups is 1. The first kappa shape index (κ1) is 14.1. The highest BCUT2D eigenvalue weighted by molar-refractivity contribution is 7.99. The van der Waals surface area contributed by atoms with E-state index in [1.807, 2.05) is 4.57 Å². The van der Waals surface area contributed by atoms with Gasteiger partial charge in [0.25, 0.3) is 5.56 Å². The van der Waals surface area contributed by atoms with Crippen molar-refractivity contribution in [3.63, 3.8) is 0 Å². The normalized spacial score (nSPS) is 19.7. The lowest BCUT2D eigenvalue weighted by Gasteiger charge is -2.15. The molecule has 104 valence electrons. The molecule has 6 nitrogen and oxygen atoms in total. The summed E-state index contributed by atoms with van der Waals surface area (Å²) in [6.07, 6.45) is 2.82. The number of hydrogen-bond donors (Lipinski definition) is 1. The molecule has 1 unspecified atom stereocenters. The molecule has 2 rings (SSSR count). The Morgan fingerprint density at radius 1 is 1.63 bits per heavy atom. The molecule has 0 aromatic carbocycles. The maximum absolute atomic E-state index is 11.3. The van der Waals surface area contributed by atoms with Gasteiger partial charge in [-0.3, -0.25) is 9.59 Å². The predicted octanol–water partition coefficient (Wildman–Crippen LogP) is 0.372. The van der Waals surface area contributed by atoms with Gasteiger partial charge in [0, 0.05) is 25.4 Å². The van der Waals surface area contributed by atoms with Crippen molar-refractivity contribution in [2.45, 2.75) is 18.1 Å². The summed E-state index contributed by atoms with van der Waals surface area (Å²) in [5.41, 5.74) is -0.326. The minimum atomic E-state index is -0.907. The third-order valence-corrected chi connectivity index (χ3v) is 4.09. The van der Waals surface area contributed by atoms with Gasteiger partial charge in [0.2, 0.25) is 0 Å². The average molecular weight is 283 g/mol. The fourth-order valence-corrected chi connectivity index (χ4v) is 2.96. The SMILES string of the molecule is CN1CCC(Cn2ccc(=O)nc2SCC(=O)O)C1. The fourth-order valence-electron chi connectivity index (χ4n) is 2.25. The van der Waals surface area contributed by atoms with Gasteiger partial charge in [-0.1, -0.05) is 11.8 Å². The van der Waals surface area contributed by atoms with E-state index in [9.17, 15) is 9.59 Å². The van der Waals surface area contributed by atoms with Crippen molar-refractivity contribution < 1.29 is 9.90 Å². The van der Waals surface area contributed by atoms with E-state index in [-0.39, 0.29) is 11.3 Å². The third-order valence-electron chi connectivity index (χ3n) is 3.12. The van der Waals surface area contributed by atoms with Crippen LogP contribution >= 0.6 is 11.8 Å². The number of carboxylic acids is 1. The number of likely N-dealkylation sites (tertiary alicyclic amines) is 1. The maximum atomic E-state index is 11.3. The quantitative estimate of drug-likeness (QED) is 0.621. The van der Waals surface area contributed by atoms with E-state index in [1.165, 1.54) is 6.07 Å². The molecule has 19 heavy (non-hydrogen) atoms. The van der Waals surface area contributed by atoms with E-state index in [1.54, 1.807) is 6.20 Å². The van der Waals surface area contributed by atoms with Gasteiger partial charge in [0.05, 0.1) is 5.75 Å². The molecule has 1 aromatic rings. The Labute approximate surface area is 115 Å². The van der Waals surface area contributed by atoms with E-state index in [0.29, 0.717) is 11.1 Å². The number of aromatic nitrogens is 2. The summed E-state index contributed by atoms with van der Waals surface area (Å²) in [5, 5.41) is 9.20. The number of carboxylic acid groups (broad SMARTS) is 1. The zero-order valence-electron chi connectivity index (χ0n) is 10.8. The zero-order valence-corrected chi connectivity index (χ0v) is 11.6. The summed E-state index contributed by atoms with van der Waals surface area (Å²) < 4.78 is 1.89. The minimum Gasteiger partial charge on any atom is -0.481 e. The molecule has 1 aliphatic heterocycles. The number of rotatable bonds is 5. The summed E-state index contributed by atoms with van der Waals surface area (Å²) in [4.78, 5) is 28.1.